The quantitative estimate of drug-likeness (QED) is 0.731. The Balaban J connectivity index is 1.86. The standard InChI is InChI=1S/C13H12O2S/c14-12(10-3-1-2-4-10)5-6-13(15)11-7-8-16-9-11/h1,3-4,7-9H,2,5-6H2. The third-order valence-electron chi connectivity index (χ3n) is 2.52. The molecule has 1 aliphatic rings. The highest BCUT2D eigenvalue weighted by Crippen LogP contribution is 2.15. The second-order valence-electron chi connectivity index (χ2n) is 3.66. The molecule has 0 unspecified atom stereocenters. The molecule has 1 aromatic rings. The van der Waals surface area contributed by atoms with Crippen LogP contribution in [0, 0.1) is 0 Å². The second-order valence-corrected chi connectivity index (χ2v) is 4.44. The zero-order valence-electron chi connectivity index (χ0n) is 8.81. The van der Waals surface area contributed by atoms with Gasteiger partial charge >= 0.3 is 0 Å². The number of carbonyl (C=O) groups is 2. The van der Waals surface area contributed by atoms with Gasteiger partial charge in [-0.05, 0) is 17.9 Å². The summed E-state index contributed by atoms with van der Waals surface area (Å²) in [7, 11) is 0. The highest BCUT2D eigenvalue weighted by molar-refractivity contribution is 7.08. The molecule has 1 heterocycles. The van der Waals surface area contributed by atoms with Crippen LogP contribution in [0.15, 0.2) is 40.6 Å². The van der Waals surface area contributed by atoms with Crippen LogP contribution in [0.4, 0.5) is 0 Å². The van der Waals surface area contributed by atoms with E-state index in [-0.39, 0.29) is 11.6 Å². The molecule has 82 valence electrons. The van der Waals surface area contributed by atoms with Crippen LogP contribution < -0.4 is 0 Å². The topological polar surface area (TPSA) is 34.1 Å². The van der Waals surface area contributed by atoms with E-state index in [1.165, 1.54) is 11.3 Å². The van der Waals surface area contributed by atoms with Crippen molar-refractivity contribution in [2.24, 2.45) is 0 Å². The maximum Gasteiger partial charge on any atom is 0.164 e. The van der Waals surface area contributed by atoms with E-state index in [9.17, 15) is 9.59 Å². The number of carbonyl (C=O) groups excluding carboxylic acids is 2. The van der Waals surface area contributed by atoms with Crippen LogP contribution in [0.1, 0.15) is 29.6 Å². The van der Waals surface area contributed by atoms with E-state index in [0.717, 1.165) is 12.0 Å². The maximum atomic E-state index is 11.7. The fourth-order valence-electron chi connectivity index (χ4n) is 1.60. The van der Waals surface area contributed by atoms with Crippen molar-refractivity contribution >= 4 is 22.9 Å². The summed E-state index contributed by atoms with van der Waals surface area (Å²) < 4.78 is 0. The van der Waals surface area contributed by atoms with Gasteiger partial charge in [0.15, 0.2) is 11.6 Å². The molecular weight excluding hydrogens is 220 g/mol. The van der Waals surface area contributed by atoms with Gasteiger partial charge in [0.25, 0.3) is 0 Å². The molecule has 2 rings (SSSR count). The summed E-state index contributed by atoms with van der Waals surface area (Å²) >= 11 is 1.50. The molecule has 0 amide bonds. The molecule has 0 fully saturated rings. The van der Waals surface area contributed by atoms with Crippen molar-refractivity contribution in [1.82, 2.24) is 0 Å². The van der Waals surface area contributed by atoms with E-state index in [0.29, 0.717) is 18.4 Å². The molecule has 0 N–H and O–H groups in total. The van der Waals surface area contributed by atoms with Crippen molar-refractivity contribution in [2.45, 2.75) is 19.3 Å². The number of ketones is 2. The minimum Gasteiger partial charge on any atom is -0.294 e. The van der Waals surface area contributed by atoms with Gasteiger partial charge in [-0.25, -0.2) is 0 Å². The fraction of sp³-hybridized carbons (Fsp3) is 0.231. The molecule has 0 aromatic carbocycles. The lowest BCUT2D eigenvalue weighted by atomic mass is 10.0. The van der Waals surface area contributed by atoms with Crippen LogP contribution in [0.2, 0.25) is 0 Å². The van der Waals surface area contributed by atoms with E-state index < -0.39 is 0 Å². The Hall–Kier alpha value is -1.48. The Morgan fingerprint density at radius 3 is 2.69 bits per heavy atom. The zero-order chi connectivity index (χ0) is 11.4. The van der Waals surface area contributed by atoms with E-state index in [2.05, 4.69) is 0 Å². The second kappa shape index (κ2) is 5.03. The number of thiophene rings is 1. The van der Waals surface area contributed by atoms with Crippen molar-refractivity contribution in [1.29, 1.82) is 0 Å². The summed E-state index contributed by atoms with van der Waals surface area (Å²) in [5.41, 5.74) is 1.46. The lowest BCUT2D eigenvalue weighted by molar-refractivity contribution is -0.115. The minimum absolute atomic E-state index is 0.0529. The lowest BCUT2D eigenvalue weighted by Gasteiger charge is -1.98. The van der Waals surface area contributed by atoms with Crippen molar-refractivity contribution in [3.63, 3.8) is 0 Å². The molecule has 0 saturated heterocycles. The van der Waals surface area contributed by atoms with Gasteiger partial charge in [0.2, 0.25) is 0 Å². The predicted molar refractivity (Wildman–Crippen MR) is 64.7 cm³/mol. The summed E-state index contributed by atoms with van der Waals surface area (Å²) in [6, 6.07) is 1.80. The average Bonchev–Trinajstić information content (AvgIpc) is 2.95. The lowest BCUT2D eigenvalue weighted by Crippen LogP contribution is -2.04. The first kappa shape index (κ1) is 11.0. The largest absolute Gasteiger partial charge is 0.294 e. The maximum absolute atomic E-state index is 11.7. The molecular formula is C13H12O2S. The molecule has 0 atom stereocenters. The predicted octanol–water partition coefficient (Wildman–Crippen LogP) is 3.17. The highest BCUT2D eigenvalue weighted by Gasteiger charge is 2.12. The van der Waals surface area contributed by atoms with Gasteiger partial charge in [-0.2, -0.15) is 11.3 Å². The molecule has 0 aliphatic heterocycles. The molecule has 1 aliphatic carbocycles. The normalized spacial score (nSPS) is 13.9. The van der Waals surface area contributed by atoms with Gasteiger partial charge in [-0.15, -0.1) is 0 Å². The monoisotopic (exact) mass is 232 g/mol. The summed E-state index contributed by atoms with van der Waals surface area (Å²) in [6.45, 7) is 0. The van der Waals surface area contributed by atoms with Crippen molar-refractivity contribution in [2.75, 3.05) is 0 Å². The molecule has 0 bridgehead atoms. The first-order valence-corrected chi connectivity index (χ1v) is 6.17. The third kappa shape index (κ3) is 2.55. The van der Waals surface area contributed by atoms with Gasteiger partial charge in [-0.1, -0.05) is 18.2 Å². The highest BCUT2D eigenvalue weighted by atomic mass is 32.1. The SMILES string of the molecule is O=C(CCC(=O)c1ccsc1)C1=CCC=C1. The van der Waals surface area contributed by atoms with Crippen molar-refractivity contribution in [3.05, 3.63) is 46.2 Å². The smallest absolute Gasteiger partial charge is 0.164 e. The van der Waals surface area contributed by atoms with Crippen LogP contribution >= 0.6 is 11.3 Å². The summed E-state index contributed by atoms with van der Waals surface area (Å²) in [5.74, 6) is 0.120. The van der Waals surface area contributed by atoms with E-state index >= 15 is 0 Å². The zero-order valence-corrected chi connectivity index (χ0v) is 9.63. The van der Waals surface area contributed by atoms with Gasteiger partial charge < -0.3 is 0 Å². The van der Waals surface area contributed by atoms with Crippen LogP contribution in [0.5, 0.6) is 0 Å². The molecule has 0 radical (unpaired) electrons. The van der Waals surface area contributed by atoms with E-state index in [4.69, 9.17) is 0 Å². The minimum atomic E-state index is 0.0529. The van der Waals surface area contributed by atoms with Crippen LogP contribution in [-0.2, 0) is 4.79 Å². The van der Waals surface area contributed by atoms with Crippen LogP contribution in [0.3, 0.4) is 0 Å². The fourth-order valence-corrected chi connectivity index (χ4v) is 2.26. The van der Waals surface area contributed by atoms with Gasteiger partial charge in [0.05, 0.1) is 0 Å². The number of hydrogen-bond donors (Lipinski definition) is 0. The summed E-state index contributed by atoms with van der Waals surface area (Å²) in [4.78, 5) is 23.3. The number of rotatable bonds is 5. The third-order valence-corrected chi connectivity index (χ3v) is 3.20. The molecule has 16 heavy (non-hydrogen) atoms. The van der Waals surface area contributed by atoms with Gasteiger partial charge in [0.1, 0.15) is 0 Å². The first-order valence-electron chi connectivity index (χ1n) is 5.22. The Labute approximate surface area is 98.3 Å². The first-order chi connectivity index (χ1) is 7.77. The Morgan fingerprint density at radius 2 is 2.06 bits per heavy atom. The molecule has 0 spiro atoms. The van der Waals surface area contributed by atoms with E-state index in [1.807, 2.05) is 29.0 Å². The summed E-state index contributed by atoms with van der Waals surface area (Å²) in [5, 5.41) is 3.69. The van der Waals surface area contributed by atoms with Crippen LogP contribution in [0.25, 0.3) is 0 Å². The average molecular weight is 232 g/mol. The summed E-state index contributed by atoms with van der Waals surface area (Å²) in [6.07, 6.45) is 7.13. The number of Topliss-reactive ketones (excluding diaryl/α,β-unsaturated/α-hetero) is 2. The molecule has 0 saturated carbocycles. The van der Waals surface area contributed by atoms with Gasteiger partial charge in [0, 0.05) is 29.4 Å². The Kier molecular flexibility index (Phi) is 3.47. The number of hydrogen-bond acceptors (Lipinski definition) is 3. The van der Waals surface area contributed by atoms with Crippen LogP contribution in [-0.4, -0.2) is 11.6 Å². The Bertz CT molecular complexity index is 452. The number of allylic oxidation sites excluding steroid dienone is 4. The van der Waals surface area contributed by atoms with E-state index in [1.54, 1.807) is 6.07 Å². The van der Waals surface area contributed by atoms with Crippen molar-refractivity contribution in [3.8, 4) is 0 Å². The van der Waals surface area contributed by atoms with Crippen molar-refractivity contribution < 1.29 is 9.59 Å². The Morgan fingerprint density at radius 1 is 1.25 bits per heavy atom. The van der Waals surface area contributed by atoms with Gasteiger partial charge in [-0.3, -0.25) is 9.59 Å². The molecule has 2 nitrogen and oxygen atoms in total. The molecule has 3 heteroatoms. The molecule has 1 aromatic heterocycles.